The lowest BCUT2D eigenvalue weighted by atomic mass is 9.74. The van der Waals surface area contributed by atoms with E-state index in [-0.39, 0.29) is 5.41 Å². The van der Waals surface area contributed by atoms with Crippen LogP contribution in [0.2, 0.25) is 0 Å². The first-order valence-electron chi connectivity index (χ1n) is 7.53. The van der Waals surface area contributed by atoms with Gasteiger partial charge >= 0.3 is 0 Å². The monoisotopic (exact) mass is 372 g/mol. The van der Waals surface area contributed by atoms with Gasteiger partial charge in [0.05, 0.1) is 0 Å². The number of nitrogens with one attached hydrogen (secondary N) is 1. The Morgan fingerprint density at radius 3 is 2.70 bits per heavy atom. The van der Waals surface area contributed by atoms with Crippen LogP contribution in [0.1, 0.15) is 24.1 Å². The van der Waals surface area contributed by atoms with Crippen molar-refractivity contribution in [3.63, 3.8) is 0 Å². The van der Waals surface area contributed by atoms with E-state index in [4.69, 9.17) is 10.00 Å². The molecule has 0 amide bonds. The summed E-state index contributed by atoms with van der Waals surface area (Å²) in [7, 11) is 0. The Bertz CT molecular complexity index is 705. The SMILES string of the molecule is N#Cc1ccc(NCC2(c3cccc(Br)c3)CCOCC2)nn1. The van der Waals surface area contributed by atoms with Gasteiger partial charge in [-0.25, -0.2) is 0 Å². The zero-order valence-corrected chi connectivity index (χ0v) is 14.2. The summed E-state index contributed by atoms with van der Waals surface area (Å²) in [6.45, 7) is 2.27. The Balaban J connectivity index is 1.80. The molecule has 6 heteroatoms. The molecule has 118 valence electrons. The van der Waals surface area contributed by atoms with Crippen molar-refractivity contribution in [1.82, 2.24) is 10.2 Å². The van der Waals surface area contributed by atoms with Crippen LogP contribution in [0.25, 0.3) is 0 Å². The summed E-state index contributed by atoms with van der Waals surface area (Å²) in [6.07, 6.45) is 1.92. The average molecular weight is 373 g/mol. The van der Waals surface area contributed by atoms with Crippen molar-refractivity contribution in [1.29, 1.82) is 5.26 Å². The van der Waals surface area contributed by atoms with Gasteiger partial charge < -0.3 is 10.1 Å². The molecule has 0 radical (unpaired) electrons. The van der Waals surface area contributed by atoms with E-state index in [0.717, 1.165) is 37.1 Å². The van der Waals surface area contributed by atoms with E-state index >= 15 is 0 Å². The first-order chi connectivity index (χ1) is 11.2. The molecular formula is C17H17BrN4O. The van der Waals surface area contributed by atoms with Gasteiger partial charge in [-0.05, 0) is 42.7 Å². The van der Waals surface area contributed by atoms with Gasteiger partial charge in [-0.1, -0.05) is 28.1 Å². The van der Waals surface area contributed by atoms with Crippen molar-refractivity contribution in [3.8, 4) is 6.07 Å². The molecule has 23 heavy (non-hydrogen) atoms. The second kappa shape index (κ2) is 7.07. The molecule has 1 saturated heterocycles. The molecule has 2 aromatic rings. The van der Waals surface area contributed by atoms with Gasteiger partial charge in [0, 0.05) is 29.6 Å². The van der Waals surface area contributed by atoms with E-state index in [2.05, 4.69) is 49.6 Å². The van der Waals surface area contributed by atoms with E-state index in [1.807, 2.05) is 12.1 Å². The third-order valence-corrected chi connectivity index (χ3v) is 4.77. The molecule has 0 saturated carbocycles. The maximum atomic E-state index is 8.79. The van der Waals surface area contributed by atoms with E-state index in [9.17, 15) is 0 Å². The number of benzene rings is 1. The number of nitriles is 1. The molecule has 0 aliphatic carbocycles. The summed E-state index contributed by atoms with van der Waals surface area (Å²) in [5.74, 6) is 0.685. The van der Waals surface area contributed by atoms with E-state index in [1.165, 1.54) is 5.56 Å². The zero-order chi connectivity index (χ0) is 16.1. The number of hydrogen-bond acceptors (Lipinski definition) is 5. The molecule has 1 aromatic carbocycles. The van der Waals surface area contributed by atoms with Crippen molar-refractivity contribution in [2.75, 3.05) is 25.1 Å². The van der Waals surface area contributed by atoms with Crippen LogP contribution in [-0.2, 0) is 10.2 Å². The predicted molar refractivity (Wildman–Crippen MR) is 91.1 cm³/mol. The van der Waals surface area contributed by atoms with E-state index in [0.29, 0.717) is 11.5 Å². The Morgan fingerprint density at radius 1 is 1.22 bits per heavy atom. The number of anilines is 1. The first kappa shape index (κ1) is 15.9. The van der Waals surface area contributed by atoms with Crippen molar-refractivity contribution < 1.29 is 4.74 Å². The summed E-state index contributed by atoms with van der Waals surface area (Å²) in [4.78, 5) is 0. The van der Waals surface area contributed by atoms with Gasteiger partial charge in [0.1, 0.15) is 11.9 Å². The molecule has 2 heterocycles. The topological polar surface area (TPSA) is 70.8 Å². The molecule has 0 unspecified atom stereocenters. The standard InChI is InChI=1S/C17H17BrN4O/c18-14-3-1-2-13(10-14)17(6-8-23-9-7-17)12-20-16-5-4-15(11-19)21-22-16/h1-5,10H,6-9,12H2,(H,20,22). The quantitative estimate of drug-likeness (QED) is 0.891. The number of halogens is 1. The highest BCUT2D eigenvalue weighted by atomic mass is 79.9. The Hall–Kier alpha value is -1.97. The molecule has 0 atom stereocenters. The van der Waals surface area contributed by atoms with Crippen LogP contribution in [-0.4, -0.2) is 30.0 Å². The van der Waals surface area contributed by atoms with Crippen molar-refractivity contribution >= 4 is 21.7 Å². The van der Waals surface area contributed by atoms with Gasteiger partial charge in [-0.3, -0.25) is 0 Å². The highest BCUT2D eigenvalue weighted by Gasteiger charge is 2.34. The Morgan fingerprint density at radius 2 is 2.04 bits per heavy atom. The molecular weight excluding hydrogens is 356 g/mol. The highest BCUT2D eigenvalue weighted by molar-refractivity contribution is 9.10. The molecule has 1 fully saturated rings. The molecule has 0 spiro atoms. The second-order valence-electron chi connectivity index (χ2n) is 5.67. The minimum absolute atomic E-state index is 0.0115. The largest absolute Gasteiger partial charge is 0.381 e. The third kappa shape index (κ3) is 3.69. The smallest absolute Gasteiger partial charge is 0.163 e. The fourth-order valence-electron chi connectivity index (χ4n) is 2.89. The number of nitrogens with zero attached hydrogens (tertiary/aromatic N) is 3. The highest BCUT2D eigenvalue weighted by Crippen LogP contribution is 2.36. The molecule has 1 N–H and O–H groups in total. The molecule has 5 nitrogen and oxygen atoms in total. The average Bonchev–Trinajstić information content (AvgIpc) is 2.61. The van der Waals surface area contributed by atoms with Crippen molar-refractivity contribution in [3.05, 3.63) is 52.1 Å². The van der Waals surface area contributed by atoms with Gasteiger partial charge in [0.15, 0.2) is 5.69 Å². The van der Waals surface area contributed by atoms with Crippen LogP contribution in [0.5, 0.6) is 0 Å². The van der Waals surface area contributed by atoms with Crippen LogP contribution in [0.3, 0.4) is 0 Å². The number of hydrogen-bond donors (Lipinski definition) is 1. The van der Waals surface area contributed by atoms with Crippen molar-refractivity contribution in [2.24, 2.45) is 0 Å². The van der Waals surface area contributed by atoms with Crippen LogP contribution >= 0.6 is 15.9 Å². The maximum absolute atomic E-state index is 8.79. The fraction of sp³-hybridized carbons (Fsp3) is 0.353. The van der Waals surface area contributed by atoms with Gasteiger partial charge in [0.2, 0.25) is 0 Å². The van der Waals surface area contributed by atoms with Crippen LogP contribution in [0.15, 0.2) is 40.9 Å². The summed E-state index contributed by atoms with van der Waals surface area (Å²) in [6, 6.07) is 13.9. The number of rotatable bonds is 4. The lowest BCUT2D eigenvalue weighted by Crippen LogP contribution is -2.40. The second-order valence-corrected chi connectivity index (χ2v) is 6.59. The lowest BCUT2D eigenvalue weighted by Gasteiger charge is -2.38. The minimum Gasteiger partial charge on any atom is -0.381 e. The summed E-state index contributed by atoms with van der Waals surface area (Å²) in [5.41, 5.74) is 1.63. The molecule has 1 aliphatic rings. The maximum Gasteiger partial charge on any atom is 0.163 e. The van der Waals surface area contributed by atoms with Gasteiger partial charge in [-0.2, -0.15) is 5.26 Å². The number of ether oxygens (including phenoxy) is 1. The molecule has 3 rings (SSSR count). The van der Waals surface area contributed by atoms with E-state index < -0.39 is 0 Å². The third-order valence-electron chi connectivity index (χ3n) is 4.27. The first-order valence-corrected chi connectivity index (χ1v) is 8.33. The normalized spacial score (nSPS) is 16.5. The summed E-state index contributed by atoms with van der Waals surface area (Å²) >= 11 is 3.56. The van der Waals surface area contributed by atoms with Crippen LogP contribution in [0.4, 0.5) is 5.82 Å². The molecule has 1 aliphatic heterocycles. The summed E-state index contributed by atoms with van der Waals surface area (Å²) in [5, 5.41) is 20.1. The minimum atomic E-state index is 0.0115. The summed E-state index contributed by atoms with van der Waals surface area (Å²) < 4.78 is 6.64. The van der Waals surface area contributed by atoms with Crippen molar-refractivity contribution in [2.45, 2.75) is 18.3 Å². The lowest BCUT2D eigenvalue weighted by molar-refractivity contribution is 0.0543. The molecule has 1 aromatic heterocycles. The fourth-order valence-corrected chi connectivity index (χ4v) is 3.29. The number of aromatic nitrogens is 2. The van der Waals surface area contributed by atoms with Crippen LogP contribution < -0.4 is 5.32 Å². The van der Waals surface area contributed by atoms with E-state index in [1.54, 1.807) is 12.1 Å². The van der Waals surface area contributed by atoms with Gasteiger partial charge in [-0.15, -0.1) is 10.2 Å². The van der Waals surface area contributed by atoms with Crippen LogP contribution in [0, 0.1) is 11.3 Å². The Kier molecular flexibility index (Phi) is 4.89. The zero-order valence-electron chi connectivity index (χ0n) is 12.6. The van der Waals surface area contributed by atoms with Gasteiger partial charge in [0.25, 0.3) is 0 Å². The Labute approximate surface area is 143 Å². The predicted octanol–water partition coefficient (Wildman–Crippen LogP) is 3.27. The molecule has 0 bridgehead atoms.